The molecule has 8 aromatic carbocycles. The normalized spacial score (nSPS) is 12.4. The molecule has 0 aliphatic heterocycles. The molecule has 0 fully saturated rings. The summed E-state index contributed by atoms with van der Waals surface area (Å²) in [7, 11) is 0. The third-order valence-corrected chi connectivity index (χ3v) is 21.9. The van der Waals surface area contributed by atoms with Crippen molar-refractivity contribution in [1.82, 2.24) is 39.9 Å². The highest BCUT2D eigenvalue weighted by Crippen LogP contribution is 2.58. The van der Waals surface area contributed by atoms with Crippen LogP contribution in [0.3, 0.4) is 0 Å². The van der Waals surface area contributed by atoms with Gasteiger partial charge in [0.2, 0.25) is 0 Å². The Labute approximate surface area is 634 Å². The van der Waals surface area contributed by atoms with Gasteiger partial charge in [0, 0.05) is 126 Å². The number of anilines is 12. The zero-order chi connectivity index (χ0) is 75.3. The summed E-state index contributed by atoms with van der Waals surface area (Å²) < 4.78 is 0. The Morgan fingerprint density at radius 2 is 0.444 bits per heavy atom. The molecule has 0 aliphatic rings. The summed E-state index contributed by atoms with van der Waals surface area (Å²) in [4.78, 5) is 50.7. The maximum absolute atomic E-state index is 5.12. The highest BCUT2D eigenvalue weighted by molar-refractivity contribution is 6.34. The second kappa shape index (κ2) is 27.2. The van der Waals surface area contributed by atoms with E-state index in [0.29, 0.717) is 48.3 Å². The standard InChI is InChI=1S/C96H94N12/c1-17-59-55-101-89-75(25-21-49-97-89)85(59)105(67-37-29-63(30-38-67)93(5,6)7)79-53-80(106(68-39-31-64(32-40-68)94(8,9)10)86-60(18-2)56-102-90-76(86)26-22-50-98-90)72-47-48-74-82(108(70-43-35-66(36-44-70)96(14,15)16)88-62(20-4)58-104-92-78(88)28-24-52-100-92)54-81(73-46-45-71(79)83(72)84(73)74)107(69-41-33-65(34-42-69)95(11,12)13)87-61(19-3)57-103-91-77(87)27-23-51-99-91/h21-58H,17-20H2,1-16H3. The van der Waals surface area contributed by atoms with Gasteiger partial charge >= 0.3 is 0 Å². The predicted octanol–water partition coefficient (Wildman–Crippen LogP) is 25.7. The van der Waals surface area contributed by atoms with E-state index >= 15 is 0 Å². The number of hydrogen-bond acceptors (Lipinski definition) is 12. The molecule has 0 bridgehead atoms. The summed E-state index contributed by atoms with van der Waals surface area (Å²) in [5, 5.41) is 10.1. The molecule has 0 aliphatic carbocycles. The average Bonchev–Trinajstić information content (AvgIpc) is 0.695. The van der Waals surface area contributed by atoms with Gasteiger partial charge < -0.3 is 19.6 Å². The van der Waals surface area contributed by atoms with Crippen molar-refractivity contribution in [3.63, 3.8) is 0 Å². The lowest BCUT2D eigenvalue weighted by molar-refractivity contribution is 0.590. The lowest BCUT2D eigenvalue weighted by Gasteiger charge is -2.36. The molecular formula is C96H94N12. The number of aryl methyl sites for hydroxylation is 4. The molecule has 108 heavy (non-hydrogen) atoms. The maximum atomic E-state index is 5.12. The van der Waals surface area contributed by atoms with Crippen molar-refractivity contribution in [2.75, 3.05) is 19.6 Å². The average molecular weight is 1420 g/mol. The quantitative estimate of drug-likeness (QED) is 0.0858. The molecule has 0 saturated heterocycles. The second-order valence-corrected chi connectivity index (χ2v) is 32.9. The molecule has 16 rings (SSSR count). The Hall–Kier alpha value is -11.8. The number of pyridine rings is 8. The SMILES string of the molecule is CCc1cnc2ncccc2c1N(c1ccc(C(C)(C)C)cc1)c1cc(N(c2ccc(C(C)(C)C)cc2)c2c(CC)cnc3ncccc23)c2ccc3c(N(c4ccc(C(C)(C)C)cc4)c4c(CC)cnc5ncccc45)cc(N(c4ccc(C(C)(C)C)cc4)c4c(CC)cnc5ncccc45)c4ccc1c2c43. The fourth-order valence-corrected chi connectivity index (χ4v) is 16.0. The van der Waals surface area contributed by atoms with Crippen LogP contribution in [-0.4, -0.2) is 39.9 Å². The molecule has 0 N–H and O–H groups in total. The van der Waals surface area contributed by atoms with Crippen molar-refractivity contribution in [1.29, 1.82) is 0 Å². The van der Waals surface area contributed by atoms with E-state index in [1.165, 1.54) is 22.3 Å². The van der Waals surface area contributed by atoms with Gasteiger partial charge in [-0.05, 0) is 201 Å². The van der Waals surface area contributed by atoms with Crippen molar-refractivity contribution in [3.8, 4) is 0 Å². The number of rotatable bonds is 16. The van der Waals surface area contributed by atoms with E-state index in [9.17, 15) is 0 Å². The molecule has 8 heterocycles. The highest BCUT2D eigenvalue weighted by Gasteiger charge is 2.34. The molecule has 8 aromatic heterocycles. The highest BCUT2D eigenvalue weighted by atomic mass is 15.2. The van der Waals surface area contributed by atoms with Gasteiger partial charge in [0.1, 0.15) is 0 Å². The van der Waals surface area contributed by atoms with E-state index in [1.54, 1.807) is 0 Å². The monoisotopic (exact) mass is 1410 g/mol. The minimum absolute atomic E-state index is 0.123. The summed E-state index contributed by atoms with van der Waals surface area (Å²) in [6, 6.07) is 68.6. The number of hydrogen-bond donors (Lipinski definition) is 0. The van der Waals surface area contributed by atoms with Crippen LogP contribution in [0.25, 0.3) is 76.5 Å². The van der Waals surface area contributed by atoms with Crippen LogP contribution in [0.4, 0.5) is 68.2 Å². The topological polar surface area (TPSA) is 116 Å². The van der Waals surface area contributed by atoms with Crippen LogP contribution in [0.15, 0.2) is 232 Å². The summed E-state index contributed by atoms with van der Waals surface area (Å²) in [6.07, 6.45) is 18.4. The molecule has 12 nitrogen and oxygen atoms in total. The van der Waals surface area contributed by atoms with Crippen LogP contribution in [0.2, 0.25) is 0 Å². The molecule has 12 heteroatoms. The van der Waals surface area contributed by atoms with E-state index in [1.807, 2.05) is 73.8 Å². The Morgan fingerprint density at radius 1 is 0.241 bits per heavy atom. The Balaban J connectivity index is 1.17. The molecular weight excluding hydrogens is 1320 g/mol. The Kier molecular flexibility index (Phi) is 17.8. The van der Waals surface area contributed by atoms with Crippen LogP contribution >= 0.6 is 0 Å². The van der Waals surface area contributed by atoms with Gasteiger partial charge in [-0.1, -0.05) is 184 Å². The fraction of sp³-hybridized carbons (Fsp3) is 0.250. The number of benzene rings is 8. The molecule has 538 valence electrons. The van der Waals surface area contributed by atoms with Gasteiger partial charge in [0.15, 0.2) is 22.6 Å². The van der Waals surface area contributed by atoms with E-state index in [4.69, 9.17) is 39.9 Å². The van der Waals surface area contributed by atoms with E-state index < -0.39 is 0 Å². The predicted molar refractivity (Wildman–Crippen MR) is 454 cm³/mol. The Morgan fingerprint density at radius 3 is 0.630 bits per heavy atom. The number of fused-ring (bicyclic) bond motifs is 4. The van der Waals surface area contributed by atoms with Crippen LogP contribution in [-0.2, 0) is 47.3 Å². The molecule has 0 saturated carbocycles. The lowest BCUT2D eigenvalue weighted by Crippen LogP contribution is -2.19. The summed E-state index contributed by atoms with van der Waals surface area (Å²) >= 11 is 0. The van der Waals surface area contributed by atoms with E-state index in [-0.39, 0.29) is 21.7 Å². The van der Waals surface area contributed by atoms with Crippen LogP contribution in [0.1, 0.15) is 155 Å². The minimum atomic E-state index is -0.123. The zero-order valence-electron chi connectivity index (χ0n) is 65.1. The van der Waals surface area contributed by atoms with Crippen molar-refractivity contribution in [2.45, 2.75) is 158 Å². The molecule has 0 amide bonds. The first-order chi connectivity index (χ1) is 51.9. The maximum Gasteiger partial charge on any atom is 0.161 e. The summed E-state index contributed by atoms with van der Waals surface area (Å²) in [6.45, 7) is 36.4. The van der Waals surface area contributed by atoms with Gasteiger partial charge in [0.05, 0.1) is 45.5 Å². The van der Waals surface area contributed by atoms with Gasteiger partial charge in [0.25, 0.3) is 0 Å². The van der Waals surface area contributed by atoms with Gasteiger partial charge in [-0.3, -0.25) is 0 Å². The van der Waals surface area contributed by atoms with Crippen LogP contribution in [0.5, 0.6) is 0 Å². The number of nitrogens with zero attached hydrogens (tertiary/aromatic N) is 12. The van der Waals surface area contributed by atoms with E-state index in [0.717, 1.165) is 144 Å². The fourth-order valence-electron chi connectivity index (χ4n) is 16.0. The van der Waals surface area contributed by atoms with Gasteiger partial charge in [-0.25, -0.2) is 39.9 Å². The first kappa shape index (κ1) is 70.5. The first-order valence-corrected chi connectivity index (χ1v) is 38.3. The van der Waals surface area contributed by atoms with Crippen molar-refractivity contribution < 1.29 is 0 Å². The van der Waals surface area contributed by atoms with Crippen molar-refractivity contribution in [3.05, 3.63) is 276 Å². The largest absolute Gasteiger partial charge is 0.309 e. The minimum Gasteiger partial charge on any atom is -0.309 e. The molecule has 0 atom stereocenters. The van der Waals surface area contributed by atoms with Crippen molar-refractivity contribution in [2.24, 2.45) is 0 Å². The van der Waals surface area contributed by atoms with E-state index in [2.05, 4.69) is 288 Å². The first-order valence-electron chi connectivity index (χ1n) is 38.3. The molecule has 0 radical (unpaired) electrons. The Bertz CT molecular complexity index is 5360. The summed E-state index contributed by atoms with van der Waals surface area (Å²) in [5.41, 5.74) is 23.4. The number of aromatic nitrogens is 8. The van der Waals surface area contributed by atoms with Crippen molar-refractivity contribution >= 4 is 145 Å². The third kappa shape index (κ3) is 12.3. The van der Waals surface area contributed by atoms with Crippen LogP contribution < -0.4 is 19.6 Å². The zero-order valence-corrected chi connectivity index (χ0v) is 65.1. The smallest absolute Gasteiger partial charge is 0.161 e. The lowest BCUT2D eigenvalue weighted by atomic mass is 9.86. The summed E-state index contributed by atoms with van der Waals surface area (Å²) in [5.74, 6) is 0. The van der Waals surface area contributed by atoms with Gasteiger partial charge in [-0.2, -0.15) is 0 Å². The molecule has 0 unspecified atom stereocenters. The van der Waals surface area contributed by atoms with Crippen LogP contribution in [0, 0.1) is 0 Å². The third-order valence-electron chi connectivity index (χ3n) is 21.9. The molecule has 16 aromatic rings. The second-order valence-electron chi connectivity index (χ2n) is 32.9. The molecule has 0 spiro atoms. The van der Waals surface area contributed by atoms with Gasteiger partial charge in [-0.15, -0.1) is 0 Å².